The van der Waals surface area contributed by atoms with Crippen LogP contribution in [0, 0.1) is 11.3 Å². The van der Waals surface area contributed by atoms with E-state index < -0.39 is 12.0 Å². The van der Waals surface area contributed by atoms with Gasteiger partial charge >= 0.3 is 5.97 Å². The Morgan fingerprint density at radius 2 is 2.25 bits per heavy atom. The van der Waals surface area contributed by atoms with Crippen LogP contribution < -0.4 is 5.32 Å². The fourth-order valence-electron chi connectivity index (χ4n) is 1.33. The standard InChI is InChI=1S/C9H17NO2/c1-6(8(11)12)10-5-7-4-9(7,2)3/h6-7,10H,4-5H2,1-3H3,(H,11,12). The van der Waals surface area contributed by atoms with Crippen LogP contribution in [-0.4, -0.2) is 23.7 Å². The summed E-state index contributed by atoms with van der Waals surface area (Å²) in [4.78, 5) is 10.4. The molecule has 0 saturated heterocycles. The maximum atomic E-state index is 10.4. The van der Waals surface area contributed by atoms with Crippen LogP contribution in [0.5, 0.6) is 0 Å². The molecule has 0 radical (unpaired) electrons. The van der Waals surface area contributed by atoms with E-state index in [4.69, 9.17) is 5.11 Å². The molecular weight excluding hydrogens is 154 g/mol. The summed E-state index contributed by atoms with van der Waals surface area (Å²) in [6.45, 7) is 6.94. The van der Waals surface area contributed by atoms with Crippen LogP contribution in [-0.2, 0) is 4.79 Å². The predicted molar refractivity (Wildman–Crippen MR) is 47.0 cm³/mol. The lowest BCUT2D eigenvalue weighted by Crippen LogP contribution is -2.35. The Hall–Kier alpha value is -0.570. The van der Waals surface area contributed by atoms with E-state index in [1.807, 2.05) is 0 Å². The van der Waals surface area contributed by atoms with Crippen molar-refractivity contribution in [1.82, 2.24) is 5.32 Å². The summed E-state index contributed by atoms with van der Waals surface area (Å²) >= 11 is 0. The first-order valence-electron chi connectivity index (χ1n) is 4.39. The second-order valence-corrected chi connectivity index (χ2v) is 4.36. The van der Waals surface area contributed by atoms with E-state index in [2.05, 4.69) is 19.2 Å². The number of rotatable bonds is 4. The molecule has 1 saturated carbocycles. The molecule has 3 nitrogen and oxygen atoms in total. The third-order valence-corrected chi connectivity index (χ3v) is 2.76. The van der Waals surface area contributed by atoms with Crippen molar-refractivity contribution >= 4 is 5.97 Å². The van der Waals surface area contributed by atoms with E-state index in [9.17, 15) is 4.79 Å². The van der Waals surface area contributed by atoms with E-state index >= 15 is 0 Å². The van der Waals surface area contributed by atoms with E-state index in [0.29, 0.717) is 11.3 Å². The van der Waals surface area contributed by atoms with E-state index in [1.54, 1.807) is 6.92 Å². The van der Waals surface area contributed by atoms with Crippen LogP contribution in [0.4, 0.5) is 0 Å². The quantitative estimate of drug-likeness (QED) is 0.665. The summed E-state index contributed by atoms with van der Waals surface area (Å²) in [5.74, 6) is -0.104. The van der Waals surface area contributed by atoms with Crippen LogP contribution in [0.25, 0.3) is 0 Å². The van der Waals surface area contributed by atoms with Gasteiger partial charge in [-0.25, -0.2) is 0 Å². The summed E-state index contributed by atoms with van der Waals surface area (Å²) in [6.07, 6.45) is 1.21. The van der Waals surface area contributed by atoms with E-state index in [1.165, 1.54) is 6.42 Å². The van der Waals surface area contributed by atoms with Gasteiger partial charge in [0.05, 0.1) is 0 Å². The summed E-state index contributed by atoms with van der Waals surface area (Å²) in [6, 6.07) is -0.415. The van der Waals surface area contributed by atoms with Crippen molar-refractivity contribution in [2.75, 3.05) is 6.54 Å². The van der Waals surface area contributed by atoms with Crippen molar-refractivity contribution in [3.8, 4) is 0 Å². The lowest BCUT2D eigenvalue weighted by atomic mass is 10.1. The molecule has 0 aromatic heterocycles. The average Bonchev–Trinajstić information content (AvgIpc) is 2.54. The molecule has 0 heterocycles. The molecule has 1 aliphatic rings. The van der Waals surface area contributed by atoms with Crippen LogP contribution in [0.1, 0.15) is 27.2 Å². The Kier molecular flexibility index (Phi) is 2.42. The molecule has 0 aromatic carbocycles. The third-order valence-electron chi connectivity index (χ3n) is 2.76. The zero-order chi connectivity index (χ0) is 9.35. The normalized spacial score (nSPS) is 28.1. The van der Waals surface area contributed by atoms with Gasteiger partial charge in [-0.05, 0) is 31.2 Å². The smallest absolute Gasteiger partial charge is 0.320 e. The minimum atomic E-state index is -0.770. The molecule has 0 spiro atoms. The van der Waals surface area contributed by atoms with Gasteiger partial charge in [0.15, 0.2) is 0 Å². The zero-order valence-corrected chi connectivity index (χ0v) is 7.92. The minimum absolute atomic E-state index is 0.415. The first-order chi connectivity index (χ1) is 5.43. The van der Waals surface area contributed by atoms with Crippen molar-refractivity contribution < 1.29 is 9.90 Å². The highest BCUT2D eigenvalue weighted by Gasteiger charge is 2.45. The fourth-order valence-corrected chi connectivity index (χ4v) is 1.33. The first-order valence-corrected chi connectivity index (χ1v) is 4.39. The molecule has 1 aliphatic carbocycles. The molecule has 0 aromatic rings. The number of hydrogen-bond donors (Lipinski definition) is 2. The average molecular weight is 171 g/mol. The molecule has 0 bridgehead atoms. The number of aliphatic carboxylic acids is 1. The van der Waals surface area contributed by atoms with Gasteiger partial charge in [0, 0.05) is 0 Å². The Labute approximate surface area is 73.2 Å². The second-order valence-electron chi connectivity index (χ2n) is 4.36. The molecule has 2 atom stereocenters. The van der Waals surface area contributed by atoms with Crippen LogP contribution in [0.15, 0.2) is 0 Å². The van der Waals surface area contributed by atoms with Gasteiger partial charge in [-0.15, -0.1) is 0 Å². The second kappa shape index (κ2) is 3.05. The summed E-state index contributed by atoms with van der Waals surface area (Å²) in [5, 5.41) is 11.6. The highest BCUT2D eigenvalue weighted by Crippen LogP contribution is 2.50. The van der Waals surface area contributed by atoms with E-state index in [-0.39, 0.29) is 0 Å². The topological polar surface area (TPSA) is 49.3 Å². The Morgan fingerprint density at radius 3 is 2.58 bits per heavy atom. The molecule has 0 amide bonds. The number of carboxylic acid groups (broad SMARTS) is 1. The fraction of sp³-hybridized carbons (Fsp3) is 0.889. The molecular formula is C9H17NO2. The number of nitrogens with one attached hydrogen (secondary N) is 1. The Morgan fingerprint density at radius 1 is 1.75 bits per heavy atom. The van der Waals surface area contributed by atoms with Gasteiger partial charge in [-0.3, -0.25) is 4.79 Å². The Balaban J connectivity index is 2.15. The zero-order valence-electron chi connectivity index (χ0n) is 7.92. The van der Waals surface area contributed by atoms with Gasteiger partial charge in [-0.2, -0.15) is 0 Å². The van der Waals surface area contributed by atoms with Crippen molar-refractivity contribution in [2.45, 2.75) is 33.2 Å². The van der Waals surface area contributed by atoms with Gasteiger partial charge in [0.1, 0.15) is 6.04 Å². The van der Waals surface area contributed by atoms with Gasteiger partial charge in [0.2, 0.25) is 0 Å². The summed E-state index contributed by atoms with van der Waals surface area (Å²) < 4.78 is 0. The molecule has 1 rings (SSSR count). The van der Waals surface area contributed by atoms with Crippen molar-refractivity contribution in [2.24, 2.45) is 11.3 Å². The van der Waals surface area contributed by atoms with Gasteiger partial charge < -0.3 is 10.4 Å². The third kappa shape index (κ3) is 2.21. The maximum Gasteiger partial charge on any atom is 0.320 e. The van der Waals surface area contributed by atoms with Crippen molar-refractivity contribution in [3.05, 3.63) is 0 Å². The molecule has 1 fully saturated rings. The van der Waals surface area contributed by atoms with Gasteiger partial charge in [0.25, 0.3) is 0 Å². The van der Waals surface area contributed by atoms with Crippen LogP contribution in [0.2, 0.25) is 0 Å². The SMILES string of the molecule is CC(NCC1CC1(C)C)C(=O)O. The largest absolute Gasteiger partial charge is 0.480 e. The van der Waals surface area contributed by atoms with Crippen LogP contribution >= 0.6 is 0 Å². The lowest BCUT2D eigenvalue weighted by molar-refractivity contribution is -0.139. The summed E-state index contributed by atoms with van der Waals surface area (Å²) in [5.41, 5.74) is 0.436. The van der Waals surface area contributed by atoms with Gasteiger partial charge in [-0.1, -0.05) is 13.8 Å². The van der Waals surface area contributed by atoms with E-state index in [0.717, 1.165) is 6.54 Å². The monoisotopic (exact) mass is 171 g/mol. The lowest BCUT2D eigenvalue weighted by Gasteiger charge is -2.09. The number of carboxylic acids is 1. The number of hydrogen-bond acceptors (Lipinski definition) is 2. The summed E-state index contributed by atoms with van der Waals surface area (Å²) in [7, 11) is 0. The molecule has 70 valence electrons. The molecule has 2 unspecified atom stereocenters. The Bertz CT molecular complexity index is 189. The van der Waals surface area contributed by atoms with Crippen LogP contribution in [0.3, 0.4) is 0 Å². The highest BCUT2D eigenvalue weighted by molar-refractivity contribution is 5.72. The maximum absolute atomic E-state index is 10.4. The van der Waals surface area contributed by atoms with Crippen molar-refractivity contribution in [1.29, 1.82) is 0 Å². The minimum Gasteiger partial charge on any atom is -0.480 e. The highest BCUT2D eigenvalue weighted by atomic mass is 16.4. The molecule has 3 heteroatoms. The number of carbonyl (C=O) groups is 1. The van der Waals surface area contributed by atoms with Crippen molar-refractivity contribution in [3.63, 3.8) is 0 Å². The molecule has 0 aliphatic heterocycles. The first kappa shape index (κ1) is 9.52. The molecule has 12 heavy (non-hydrogen) atoms. The molecule has 2 N–H and O–H groups in total. The predicted octanol–water partition coefficient (Wildman–Crippen LogP) is 1.10.